The van der Waals surface area contributed by atoms with Crippen molar-refractivity contribution < 1.29 is 22.6 Å². The highest BCUT2D eigenvalue weighted by atomic mass is 32.2. The van der Waals surface area contributed by atoms with Crippen LogP contribution in [-0.4, -0.2) is 45.4 Å². The molecule has 1 saturated heterocycles. The molecule has 12 atom stereocenters. The first kappa shape index (κ1) is 34.5. The molecule has 7 rings (SSSR count). The first-order valence-electron chi connectivity index (χ1n) is 19.5. The van der Waals surface area contributed by atoms with Crippen molar-refractivity contribution in [2.24, 2.45) is 51.8 Å². The van der Waals surface area contributed by atoms with Gasteiger partial charge in [-0.2, -0.15) is 0 Å². The molecule has 0 bridgehead atoms. The van der Waals surface area contributed by atoms with Crippen molar-refractivity contribution in [1.29, 1.82) is 0 Å². The van der Waals surface area contributed by atoms with Crippen molar-refractivity contribution in [3.8, 4) is 0 Å². The highest BCUT2D eigenvalue weighted by Crippen LogP contribution is 2.82. The van der Waals surface area contributed by atoms with Crippen molar-refractivity contribution in [3.63, 3.8) is 0 Å². The predicted octanol–water partition coefficient (Wildman–Crippen LogP) is 9.63. The maximum absolute atomic E-state index is 14.3. The third-order valence-corrected chi connectivity index (χ3v) is 17.9. The van der Waals surface area contributed by atoms with Crippen LogP contribution in [0.1, 0.15) is 131 Å². The van der Waals surface area contributed by atoms with E-state index in [2.05, 4.69) is 34.6 Å². The van der Waals surface area contributed by atoms with Gasteiger partial charge in [0.2, 0.25) is 0 Å². The Kier molecular flexibility index (Phi) is 9.30. The van der Waals surface area contributed by atoms with Gasteiger partial charge in [0.25, 0.3) is 0 Å². The second-order valence-electron chi connectivity index (χ2n) is 18.2. The van der Waals surface area contributed by atoms with Gasteiger partial charge in [0.15, 0.2) is 16.1 Å². The zero-order chi connectivity index (χ0) is 33.2. The van der Waals surface area contributed by atoms with E-state index in [1.54, 1.807) is 12.1 Å². The molecule has 5 aliphatic carbocycles. The molecule has 1 aliphatic heterocycles. The van der Waals surface area contributed by atoms with Gasteiger partial charge in [-0.3, -0.25) is 0 Å². The average molecular weight is 669 g/mol. The van der Waals surface area contributed by atoms with Crippen LogP contribution in [-0.2, 0) is 24.0 Å². The Balaban J connectivity index is 1.06. The molecule has 0 radical (unpaired) electrons. The summed E-state index contributed by atoms with van der Waals surface area (Å²) < 4.78 is 47.2. The van der Waals surface area contributed by atoms with E-state index in [4.69, 9.17) is 14.2 Å². The maximum atomic E-state index is 14.3. The van der Waals surface area contributed by atoms with Crippen molar-refractivity contribution in [2.45, 2.75) is 159 Å². The highest BCUT2D eigenvalue weighted by molar-refractivity contribution is 7.92. The standard InChI is InChI=1S/C41H64O5S/c1-28(25-31(47(42,43)30-13-8-7-9-14-30)15-12-21-38(2,3)46-37-16-10-11-24-45-37)33-17-18-34-32-26-36(44-6)41-27-29(41)19-23-40(41,5)35(32)20-22-39(33,34)4/h7-9,13-14,28-29,31-37H,10-12,15-27H2,1-6H3/t28-,29-,31?,32+,33-,34+,35+,36-,37?,39-,40-,41+/m1/s1. The Labute approximate surface area is 286 Å². The van der Waals surface area contributed by atoms with Crippen LogP contribution in [0.15, 0.2) is 35.2 Å². The van der Waals surface area contributed by atoms with E-state index < -0.39 is 9.84 Å². The Morgan fingerprint density at radius 2 is 1.79 bits per heavy atom. The Morgan fingerprint density at radius 3 is 2.49 bits per heavy atom. The first-order chi connectivity index (χ1) is 22.4. The van der Waals surface area contributed by atoms with Crippen LogP contribution in [0.3, 0.4) is 0 Å². The molecule has 0 aromatic heterocycles. The molecule has 1 spiro atoms. The molecule has 47 heavy (non-hydrogen) atoms. The minimum Gasteiger partial charge on any atom is -0.381 e. The van der Waals surface area contributed by atoms with E-state index in [9.17, 15) is 8.42 Å². The molecule has 5 saturated carbocycles. The summed E-state index contributed by atoms with van der Waals surface area (Å²) in [6, 6.07) is 9.24. The third kappa shape index (κ3) is 5.79. The van der Waals surface area contributed by atoms with Crippen LogP contribution in [0, 0.1) is 51.8 Å². The lowest BCUT2D eigenvalue weighted by atomic mass is 9.45. The molecular weight excluding hydrogens is 605 g/mol. The van der Waals surface area contributed by atoms with Crippen LogP contribution in [0.2, 0.25) is 0 Å². The predicted molar refractivity (Wildman–Crippen MR) is 188 cm³/mol. The zero-order valence-corrected chi connectivity index (χ0v) is 31.2. The van der Waals surface area contributed by atoms with Gasteiger partial charge in [0.05, 0.1) is 21.9 Å². The minimum absolute atomic E-state index is 0.135. The third-order valence-electron chi connectivity index (χ3n) is 15.6. The molecule has 1 aromatic carbocycles. The van der Waals surface area contributed by atoms with Crippen LogP contribution in [0.25, 0.3) is 0 Å². The molecule has 264 valence electrons. The van der Waals surface area contributed by atoms with E-state index in [1.165, 1.54) is 51.4 Å². The lowest BCUT2D eigenvalue weighted by Crippen LogP contribution is -2.57. The van der Waals surface area contributed by atoms with Crippen LogP contribution >= 0.6 is 0 Å². The summed E-state index contributed by atoms with van der Waals surface area (Å²) in [5, 5.41) is -0.378. The number of ether oxygens (including phenoxy) is 3. The van der Waals surface area contributed by atoms with Crippen molar-refractivity contribution in [2.75, 3.05) is 13.7 Å². The van der Waals surface area contributed by atoms with Gasteiger partial charge in [-0.05, 0) is 169 Å². The summed E-state index contributed by atoms with van der Waals surface area (Å²) in [4.78, 5) is 0.476. The first-order valence-corrected chi connectivity index (χ1v) is 21.0. The quantitative estimate of drug-likeness (QED) is 0.222. The van der Waals surface area contributed by atoms with Crippen LogP contribution in [0.5, 0.6) is 0 Å². The van der Waals surface area contributed by atoms with Crippen LogP contribution < -0.4 is 0 Å². The molecule has 6 fully saturated rings. The van der Waals surface area contributed by atoms with Gasteiger partial charge in [0.1, 0.15) is 0 Å². The number of rotatable bonds is 12. The highest BCUT2D eigenvalue weighted by Gasteiger charge is 2.77. The number of fused-ring (bicyclic) bond motifs is 4. The Hall–Kier alpha value is -0.950. The van der Waals surface area contributed by atoms with Gasteiger partial charge in [0, 0.05) is 19.1 Å². The van der Waals surface area contributed by atoms with E-state index in [0.717, 1.165) is 68.8 Å². The number of hydrogen-bond acceptors (Lipinski definition) is 5. The average Bonchev–Trinajstić information content (AvgIpc) is 3.55. The Morgan fingerprint density at radius 1 is 1.00 bits per heavy atom. The zero-order valence-electron chi connectivity index (χ0n) is 30.3. The number of benzene rings is 1. The second-order valence-corrected chi connectivity index (χ2v) is 20.4. The fraction of sp³-hybridized carbons (Fsp3) is 0.854. The van der Waals surface area contributed by atoms with E-state index in [-0.39, 0.29) is 22.6 Å². The van der Waals surface area contributed by atoms with Crippen LogP contribution in [0.4, 0.5) is 0 Å². The number of hydrogen-bond donors (Lipinski definition) is 0. The van der Waals surface area contributed by atoms with Gasteiger partial charge in [-0.25, -0.2) is 8.42 Å². The summed E-state index contributed by atoms with van der Waals surface area (Å²) >= 11 is 0. The lowest BCUT2D eigenvalue weighted by molar-refractivity contribution is -0.217. The number of sulfone groups is 1. The summed E-state index contributed by atoms with van der Waals surface area (Å²) in [5.41, 5.74) is 0.860. The monoisotopic (exact) mass is 668 g/mol. The van der Waals surface area contributed by atoms with E-state index in [0.29, 0.717) is 40.1 Å². The summed E-state index contributed by atoms with van der Waals surface area (Å²) in [6.07, 6.45) is 17.3. The van der Waals surface area contributed by atoms with E-state index >= 15 is 0 Å². The van der Waals surface area contributed by atoms with Gasteiger partial charge < -0.3 is 14.2 Å². The minimum atomic E-state index is -3.45. The smallest absolute Gasteiger partial charge is 0.181 e. The molecule has 1 heterocycles. The summed E-state index contributed by atoms with van der Waals surface area (Å²) in [5.74, 6) is 4.18. The maximum Gasteiger partial charge on any atom is 0.181 e. The lowest BCUT2D eigenvalue weighted by Gasteiger charge is -2.61. The van der Waals surface area contributed by atoms with Crippen molar-refractivity contribution in [1.82, 2.24) is 0 Å². The summed E-state index contributed by atoms with van der Waals surface area (Å²) in [7, 11) is -1.47. The molecular formula is C41H64O5S. The fourth-order valence-electron chi connectivity index (χ4n) is 13.3. The van der Waals surface area contributed by atoms with Gasteiger partial charge in [-0.15, -0.1) is 0 Å². The molecule has 5 nitrogen and oxygen atoms in total. The molecule has 0 N–H and O–H groups in total. The second kappa shape index (κ2) is 12.7. The van der Waals surface area contributed by atoms with Gasteiger partial charge in [-0.1, -0.05) is 39.0 Å². The topological polar surface area (TPSA) is 61.8 Å². The fourth-order valence-corrected chi connectivity index (χ4v) is 15.3. The van der Waals surface area contributed by atoms with Gasteiger partial charge >= 0.3 is 0 Å². The normalized spacial score (nSPS) is 42.6. The summed E-state index contributed by atoms with van der Waals surface area (Å²) in [6.45, 7) is 12.7. The van der Waals surface area contributed by atoms with Crippen molar-refractivity contribution in [3.05, 3.63) is 30.3 Å². The largest absolute Gasteiger partial charge is 0.381 e. The Bertz CT molecular complexity index is 1350. The van der Waals surface area contributed by atoms with E-state index in [1.807, 2.05) is 25.3 Å². The molecule has 1 aromatic rings. The molecule has 6 aliphatic rings. The number of methoxy groups -OCH3 is 1. The SMILES string of the molecule is CO[C@@H]1C[C@H]2[C@@H]3CC[C@H]([C@H](C)CC(CCCC(C)(C)OC4CCCCO4)S(=O)(=O)c4ccccc4)[C@@]3(C)CC[C@@H]2[C@@]2(C)CC[C@@H]3C[C@]312. The molecule has 0 amide bonds. The van der Waals surface area contributed by atoms with Crippen molar-refractivity contribution >= 4 is 9.84 Å². The molecule has 2 unspecified atom stereocenters. The molecule has 6 heteroatoms.